The van der Waals surface area contributed by atoms with Crippen molar-refractivity contribution in [1.82, 2.24) is 4.98 Å². The van der Waals surface area contributed by atoms with Crippen molar-refractivity contribution in [3.63, 3.8) is 0 Å². The van der Waals surface area contributed by atoms with Crippen LogP contribution in [0.25, 0.3) is 0 Å². The Labute approximate surface area is 126 Å². The molecule has 2 N–H and O–H groups in total. The number of thiophene rings is 1. The number of pyridine rings is 1. The number of rotatable bonds is 5. The number of carboxylic acid groups (broad SMARTS) is 1. The zero-order chi connectivity index (χ0) is 15.4. The van der Waals surface area contributed by atoms with Crippen molar-refractivity contribution in [2.24, 2.45) is 0 Å². The lowest BCUT2D eigenvalue weighted by molar-refractivity contribution is 0.0690. The lowest BCUT2D eigenvalue weighted by atomic mass is 10.1. The molecule has 0 aliphatic carbocycles. The highest BCUT2D eigenvalue weighted by atomic mass is 32.1. The molecule has 0 atom stereocenters. The van der Waals surface area contributed by atoms with Crippen LogP contribution >= 0.6 is 11.3 Å². The van der Waals surface area contributed by atoms with Gasteiger partial charge in [0.1, 0.15) is 5.69 Å². The molecule has 1 amide bonds. The largest absolute Gasteiger partial charge is 0.477 e. The Bertz CT molecular complexity index is 679. The fourth-order valence-electron chi connectivity index (χ4n) is 1.97. The van der Waals surface area contributed by atoms with Gasteiger partial charge in [0.05, 0.1) is 4.88 Å². The van der Waals surface area contributed by atoms with E-state index in [4.69, 9.17) is 5.11 Å². The highest BCUT2D eigenvalue weighted by Crippen LogP contribution is 2.23. The van der Waals surface area contributed by atoms with Crippen LogP contribution in [0.3, 0.4) is 0 Å². The van der Waals surface area contributed by atoms with Crippen LogP contribution in [-0.2, 0) is 6.42 Å². The molecular weight excluding hydrogens is 288 g/mol. The summed E-state index contributed by atoms with van der Waals surface area (Å²) in [5.74, 6) is -1.35. The number of carbonyl (C=O) groups is 2. The molecule has 21 heavy (non-hydrogen) atoms. The van der Waals surface area contributed by atoms with Gasteiger partial charge in [0.2, 0.25) is 0 Å². The predicted molar refractivity (Wildman–Crippen MR) is 82.2 cm³/mol. The van der Waals surface area contributed by atoms with Gasteiger partial charge >= 0.3 is 5.97 Å². The van der Waals surface area contributed by atoms with E-state index in [9.17, 15) is 9.59 Å². The third-order valence-electron chi connectivity index (χ3n) is 3.00. The fraction of sp³-hybridized carbons (Fsp3) is 0.267. The van der Waals surface area contributed by atoms with Gasteiger partial charge in [-0.2, -0.15) is 0 Å². The molecular formula is C15H16N2O3S. The van der Waals surface area contributed by atoms with Gasteiger partial charge in [0, 0.05) is 16.8 Å². The molecule has 6 heteroatoms. The summed E-state index contributed by atoms with van der Waals surface area (Å²) in [5, 5.41) is 11.6. The molecule has 0 spiro atoms. The fourth-order valence-corrected chi connectivity index (χ4v) is 2.93. The Kier molecular flexibility index (Phi) is 4.70. The van der Waals surface area contributed by atoms with Crippen molar-refractivity contribution in [3.05, 3.63) is 45.4 Å². The lowest BCUT2D eigenvalue weighted by Crippen LogP contribution is -2.11. The molecule has 0 saturated heterocycles. The van der Waals surface area contributed by atoms with Crippen LogP contribution in [0.1, 0.15) is 43.9 Å². The molecule has 2 aromatic heterocycles. The van der Waals surface area contributed by atoms with Crippen molar-refractivity contribution < 1.29 is 14.7 Å². The van der Waals surface area contributed by atoms with Gasteiger partial charge in [-0.25, -0.2) is 9.78 Å². The van der Waals surface area contributed by atoms with Crippen LogP contribution in [0.5, 0.6) is 0 Å². The molecule has 5 nitrogen and oxygen atoms in total. The first-order valence-electron chi connectivity index (χ1n) is 6.61. The molecule has 0 radical (unpaired) electrons. The van der Waals surface area contributed by atoms with Gasteiger partial charge in [0.15, 0.2) is 0 Å². The third kappa shape index (κ3) is 3.66. The van der Waals surface area contributed by atoms with E-state index in [1.165, 1.54) is 29.2 Å². The summed E-state index contributed by atoms with van der Waals surface area (Å²) in [7, 11) is 0. The number of carbonyl (C=O) groups excluding carboxylic acids is 1. The minimum absolute atomic E-state index is 0.0955. The molecule has 0 unspecified atom stereocenters. The molecule has 0 aliphatic heterocycles. The number of nitrogens with one attached hydrogen (secondary N) is 1. The Morgan fingerprint density at radius 1 is 1.38 bits per heavy atom. The van der Waals surface area contributed by atoms with Gasteiger partial charge < -0.3 is 10.4 Å². The molecule has 0 bridgehead atoms. The zero-order valence-corrected chi connectivity index (χ0v) is 12.7. The summed E-state index contributed by atoms with van der Waals surface area (Å²) in [6, 6.07) is 4.81. The van der Waals surface area contributed by atoms with Crippen molar-refractivity contribution >= 4 is 28.9 Å². The van der Waals surface area contributed by atoms with E-state index in [0.717, 1.165) is 17.7 Å². The Hall–Kier alpha value is -2.21. The summed E-state index contributed by atoms with van der Waals surface area (Å²) >= 11 is 1.45. The summed E-state index contributed by atoms with van der Waals surface area (Å²) in [4.78, 5) is 28.5. The number of nitrogens with zero attached hydrogens (tertiary/aromatic N) is 1. The van der Waals surface area contributed by atoms with Crippen LogP contribution in [0, 0.1) is 6.92 Å². The molecule has 2 rings (SSSR count). The van der Waals surface area contributed by atoms with Crippen LogP contribution in [0.15, 0.2) is 24.4 Å². The molecule has 0 aliphatic rings. The predicted octanol–water partition coefficient (Wildman–Crippen LogP) is 3.35. The van der Waals surface area contributed by atoms with Crippen LogP contribution in [-0.4, -0.2) is 22.0 Å². The van der Waals surface area contributed by atoms with Gasteiger partial charge in [-0.05, 0) is 37.1 Å². The number of aromatic carboxylic acids is 1. The molecule has 0 fully saturated rings. The summed E-state index contributed by atoms with van der Waals surface area (Å²) in [5.41, 5.74) is 1.52. The van der Waals surface area contributed by atoms with E-state index in [2.05, 4.69) is 17.2 Å². The van der Waals surface area contributed by atoms with E-state index in [1.54, 1.807) is 6.07 Å². The second-order valence-electron chi connectivity index (χ2n) is 4.63. The monoisotopic (exact) mass is 304 g/mol. The van der Waals surface area contributed by atoms with Gasteiger partial charge in [-0.3, -0.25) is 4.79 Å². The molecule has 110 valence electrons. The zero-order valence-electron chi connectivity index (χ0n) is 11.8. The Morgan fingerprint density at radius 3 is 2.81 bits per heavy atom. The quantitative estimate of drug-likeness (QED) is 0.887. The summed E-state index contributed by atoms with van der Waals surface area (Å²) in [6.07, 6.45) is 3.35. The number of aromatic nitrogens is 1. The summed E-state index contributed by atoms with van der Waals surface area (Å²) in [6.45, 7) is 4.10. The van der Waals surface area contributed by atoms with E-state index in [1.807, 2.05) is 13.0 Å². The minimum Gasteiger partial charge on any atom is -0.477 e. The SMILES string of the molecule is CCCc1cc(C(=O)Nc2ccnc(C(=O)O)c2)sc1C. The molecule has 2 aromatic rings. The number of aryl methyl sites for hydroxylation is 2. The first-order chi connectivity index (χ1) is 10.0. The average molecular weight is 304 g/mol. The van der Waals surface area contributed by atoms with Crippen LogP contribution in [0.2, 0.25) is 0 Å². The normalized spacial score (nSPS) is 10.4. The standard InChI is InChI=1S/C15H16N2O3S/c1-3-4-10-7-13(21-9(10)2)14(18)17-11-5-6-16-12(8-11)15(19)20/h5-8H,3-4H2,1-2H3,(H,19,20)(H,16,17,18). The highest BCUT2D eigenvalue weighted by Gasteiger charge is 2.13. The number of carboxylic acids is 1. The maximum atomic E-state index is 12.2. The van der Waals surface area contributed by atoms with E-state index >= 15 is 0 Å². The van der Waals surface area contributed by atoms with Crippen molar-refractivity contribution in [1.29, 1.82) is 0 Å². The van der Waals surface area contributed by atoms with E-state index < -0.39 is 5.97 Å². The number of anilines is 1. The topological polar surface area (TPSA) is 79.3 Å². The molecule has 0 saturated carbocycles. The van der Waals surface area contributed by atoms with E-state index in [-0.39, 0.29) is 11.6 Å². The van der Waals surface area contributed by atoms with Gasteiger partial charge in [0.25, 0.3) is 5.91 Å². The maximum Gasteiger partial charge on any atom is 0.354 e. The van der Waals surface area contributed by atoms with Gasteiger partial charge in [-0.1, -0.05) is 13.3 Å². The third-order valence-corrected chi connectivity index (χ3v) is 4.09. The number of hydrogen-bond acceptors (Lipinski definition) is 4. The van der Waals surface area contributed by atoms with Crippen molar-refractivity contribution in [2.75, 3.05) is 5.32 Å². The molecule has 0 aromatic carbocycles. The maximum absolute atomic E-state index is 12.2. The Balaban J connectivity index is 2.16. The minimum atomic E-state index is -1.12. The van der Waals surface area contributed by atoms with Crippen LogP contribution < -0.4 is 5.32 Å². The van der Waals surface area contributed by atoms with Gasteiger partial charge in [-0.15, -0.1) is 11.3 Å². The smallest absolute Gasteiger partial charge is 0.354 e. The lowest BCUT2D eigenvalue weighted by Gasteiger charge is -2.03. The highest BCUT2D eigenvalue weighted by molar-refractivity contribution is 7.14. The van der Waals surface area contributed by atoms with Crippen molar-refractivity contribution in [3.8, 4) is 0 Å². The molecule has 2 heterocycles. The van der Waals surface area contributed by atoms with E-state index in [0.29, 0.717) is 10.6 Å². The second kappa shape index (κ2) is 6.49. The first kappa shape index (κ1) is 15.2. The second-order valence-corrected chi connectivity index (χ2v) is 5.89. The van der Waals surface area contributed by atoms with Crippen LogP contribution in [0.4, 0.5) is 5.69 Å². The number of hydrogen-bond donors (Lipinski definition) is 2. The first-order valence-corrected chi connectivity index (χ1v) is 7.43. The average Bonchev–Trinajstić information content (AvgIpc) is 2.81. The van der Waals surface area contributed by atoms with Crippen molar-refractivity contribution in [2.45, 2.75) is 26.7 Å². The summed E-state index contributed by atoms with van der Waals surface area (Å²) < 4.78 is 0. The number of amides is 1. The Morgan fingerprint density at radius 2 is 2.14 bits per heavy atom.